The van der Waals surface area contributed by atoms with Crippen LogP contribution in [-0.4, -0.2) is 18.6 Å². The van der Waals surface area contributed by atoms with Gasteiger partial charge in [-0.05, 0) is 24.6 Å². The van der Waals surface area contributed by atoms with Crippen molar-refractivity contribution in [2.45, 2.75) is 19.8 Å². The lowest BCUT2D eigenvalue weighted by molar-refractivity contribution is 0.768. The number of hydrogen-bond acceptors (Lipinski definition) is 3. The van der Waals surface area contributed by atoms with E-state index >= 15 is 0 Å². The number of nitrogens with zero attached hydrogens (tertiary/aromatic N) is 2. The topological polar surface area (TPSA) is 42.1 Å². The van der Waals surface area contributed by atoms with E-state index in [0.29, 0.717) is 0 Å². The molecule has 17 heavy (non-hydrogen) atoms. The number of unbranched alkanes of at least 4 members (excludes halogenated alkanes) is 1. The number of benzene rings is 1. The molecule has 0 spiro atoms. The predicted molar refractivity (Wildman–Crippen MR) is 74.3 cm³/mol. The maximum absolute atomic E-state index is 5.98. The number of hydrogen-bond donors (Lipinski definition) is 1. The SMILES string of the molecule is CCCCN(C)c1ccc(N)c2ccncc12. The number of anilines is 2. The zero-order valence-electron chi connectivity index (χ0n) is 10.5. The third-order valence-electron chi connectivity index (χ3n) is 3.09. The fraction of sp³-hybridized carbons (Fsp3) is 0.357. The van der Waals surface area contributed by atoms with Crippen molar-refractivity contribution in [2.75, 3.05) is 24.2 Å². The molecule has 0 radical (unpaired) electrons. The van der Waals surface area contributed by atoms with Gasteiger partial charge in [0.05, 0.1) is 0 Å². The zero-order valence-corrected chi connectivity index (χ0v) is 10.5. The number of nitrogen functional groups attached to an aromatic ring is 1. The molecule has 1 heterocycles. The lowest BCUT2D eigenvalue weighted by Gasteiger charge is -2.21. The Hall–Kier alpha value is -1.77. The first-order valence-corrected chi connectivity index (χ1v) is 6.07. The minimum absolute atomic E-state index is 0.815. The first kappa shape index (κ1) is 11.7. The van der Waals surface area contributed by atoms with Crippen LogP contribution in [0.15, 0.2) is 30.6 Å². The molecule has 0 saturated heterocycles. The summed E-state index contributed by atoms with van der Waals surface area (Å²) in [6, 6.07) is 6.02. The van der Waals surface area contributed by atoms with Gasteiger partial charge in [0.15, 0.2) is 0 Å². The fourth-order valence-electron chi connectivity index (χ4n) is 2.05. The number of nitrogens with two attached hydrogens (primary N) is 1. The van der Waals surface area contributed by atoms with Crippen molar-refractivity contribution in [1.82, 2.24) is 4.98 Å². The molecular formula is C14H19N3. The van der Waals surface area contributed by atoms with Crippen molar-refractivity contribution >= 4 is 22.1 Å². The average Bonchev–Trinajstić information content (AvgIpc) is 2.37. The molecule has 0 saturated carbocycles. The molecule has 0 bridgehead atoms. The summed E-state index contributed by atoms with van der Waals surface area (Å²) in [7, 11) is 2.12. The van der Waals surface area contributed by atoms with Crippen LogP contribution in [-0.2, 0) is 0 Å². The van der Waals surface area contributed by atoms with Crippen molar-refractivity contribution in [3.05, 3.63) is 30.6 Å². The van der Waals surface area contributed by atoms with Crippen molar-refractivity contribution in [2.24, 2.45) is 0 Å². The first-order chi connectivity index (χ1) is 8.24. The van der Waals surface area contributed by atoms with Gasteiger partial charge in [0.25, 0.3) is 0 Å². The Kier molecular flexibility index (Phi) is 3.47. The molecule has 3 nitrogen and oxygen atoms in total. The highest BCUT2D eigenvalue weighted by Crippen LogP contribution is 2.29. The first-order valence-electron chi connectivity index (χ1n) is 6.07. The molecule has 0 aliphatic carbocycles. The van der Waals surface area contributed by atoms with E-state index in [9.17, 15) is 0 Å². The maximum atomic E-state index is 5.98. The molecule has 2 N–H and O–H groups in total. The summed E-state index contributed by atoms with van der Waals surface area (Å²) >= 11 is 0. The molecule has 0 aliphatic heterocycles. The van der Waals surface area contributed by atoms with E-state index in [4.69, 9.17) is 5.73 Å². The summed E-state index contributed by atoms with van der Waals surface area (Å²) in [4.78, 5) is 6.47. The summed E-state index contributed by atoms with van der Waals surface area (Å²) in [6.45, 7) is 3.26. The standard InChI is InChI=1S/C14H19N3/c1-3-4-9-17(2)14-6-5-13(15)11-7-8-16-10-12(11)14/h5-8,10H,3-4,9,15H2,1-2H3. The van der Waals surface area contributed by atoms with Crippen LogP contribution in [0.2, 0.25) is 0 Å². The van der Waals surface area contributed by atoms with Crippen molar-refractivity contribution in [3.8, 4) is 0 Å². The van der Waals surface area contributed by atoms with Crippen molar-refractivity contribution < 1.29 is 0 Å². The summed E-state index contributed by atoms with van der Waals surface area (Å²) in [5.41, 5.74) is 8.00. The summed E-state index contributed by atoms with van der Waals surface area (Å²) < 4.78 is 0. The molecule has 90 valence electrons. The van der Waals surface area contributed by atoms with Gasteiger partial charge < -0.3 is 10.6 Å². The van der Waals surface area contributed by atoms with Gasteiger partial charge in [0.1, 0.15) is 0 Å². The molecule has 0 amide bonds. The van der Waals surface area contributed by atoms with Crippen LogP contribution < -0.4 is 10.6 Å². The molecule has 0 unspecified atom stereocenters. The monoisotopic (exact) mass is 229 g/mol. The fourth-order valence-corrected chi connectivity index (χ4v) is 2.05. The summed E-state index contributed by atoms with van der Waals surface area (Å²) in [5, 5.41) is 2.21. The number of rotatable bonds is 4. The van der Waals surface area contributed by atoms with E-state index in [1.807, 2.05) is 18.3 Å². The van der Waals surface area contributed by atoms with Crippen LogP contribution in [0.5, 0.6) is 0 Å². The van der Waals surface area contributed by atoms with Crippen LogP contribution in [0.1, 0.15) is 19.8 Å². The largest absolute Gasteiger partial charge is 0.398 e. The smallest absolute Gasteiger partial charge is 0.0460 e. The van der Waals surface area contributed by atoms with Gasteiger partial charge in [-0.15, -0.1) is 0 Å². The van der Waals surface area contributed by atoms with Crippen LogP contribution in [0.4, 0.5) is 11.4 Å². The second-order valence-corrected chi connectivity index (χ2v) is 4.37. The van der Waals surface area contributed by atoms with Gasteiger partial charge in [-0.25, -0.2) is 0 Å². The molecule has 1 aromatic carbocycles. The van der Waals surface area contributed by atoms with Crippen LogP contribution in [0.25, 0.3) is 10.8 Å². The highest BCUT2D eigenvalue weighted by Gasteiger charge is 2.07. The second-order valence-electron chi connectivity index (χ2n) is 4.37. The van der Waals surface area contributed by atoms with Crippen LogP contribution in [0.3, 0.4) is 0 Å². The predicted octanol–water partition coefficient (Wildman–Crippen LogP) is 3.05. The minimum Gasteiger partial charge on any atom is -0.398 e. The van der Waals surface area contributed by atoms with E-state index in [0.717, 1.165) is 23.0 Å². The normalized spacial score (nSPS) is 10.7. The lowest BCUT2D eigenvalue weighted by Crippen LogP contribution is -2.18. The highest BCUT2D eigenvalue weighted by atomic mass is 15.1. The van der Waals surface area contributed by atoms with Gasteiger partial charge in [-0.3, -0.25) is 4.98 Å². The van der Waals surface area contributed by atoms with E-state index in [-0.39, 0.29) is 0 Å². The molecule has 0 fully saturated rings. The average molecular weight is 229 g/mol. The molecule has 0 atom stereocenters. The molecule has 1 aromatic heterocycles. The van der Waals surface area contributed by atoms with Gasteiger partial charge in [-0.1, -0.05) is 13.3 Å². The highest BCUT2D eigenvalue weighted by molar-refractivity contribution is 6.00. The van der Waals surface area contributed by atoms with Crippen molar-refractivity contribution in [1.29, 1.82) is 0 Å². The van der Waals surface area contributed by atoms with E-state index in [1.54, 1.807) is 6.20 Å². The molecular weight excluding hydrogens is 210 g/mol. The van der Waals surface area contributed by atoms with Gasteiger partial charge >= 0.3 is 0 Å². The molecule has 2 rings (SSSR count). The van der Waals surface area contributed by atoms with E-state index in [2.05, 4.69) is 29.9 Å². The van der Waals surface area contributed by atoms with Crippen LogP contribution >= 0.6 is 0 Å². The molecule has 0 aliphatic rings. The van der Waals surface area contributed by atoms with Gasteiger partial charge in [0, 0.05) is 48.1 Å². The number of fused-ring (bicyclic) bond motifs is 1. The summed E-state index contributed by atoms with van der Waals surface area (Å²) in [5.74, 6) is 0. The Bertz CT molecular complexity index is 508. The van der Waals surface area contributed by atoms with Crippen LogP contribution in [0, 0.1) is 0 Å². The molecule has 2 aromatic rings. The Morgan fingerprint density at radius 3 is 2.82 bits per heavy atom. The van der Waals surface area contributed by atoms with E-state index in [1.165, 1.54) is 18.5 Å². The Morgan fingerprint density at radius 1 is 1.24 bits per heavy atom. The third-order valence-corrected chi connectivity index (χ3v) is 3.09. The van der Waals surface area contributed by atoms with Gasteiger partial charge in [0.2, 0.25) is 0 Å². The van der Waals surface area contributed by atoms with Gasteiger partial charge in [-0.2, -0.15) is 0 Å². The third kappa shape index (κ3) is 2.33. The molecule has 3 heteroatoms. The number of aromatic nitrogens is 1. The zero-order chi connectivity index (χ0) is 12.3. The Morgan fingerprint density at radius 2 is 2.06 bits per heavy atom. The number of pyridine rings is 1. The summed E-state index contributed by atoms with van der Waals surface area (Å²) in [6.07, 6.45) is 6.08. The Balaban J connectivity index is 2.44. The Labute approximate surface area is 102 Å². The lowest BCUT2D eigenvalue weighted by atomic mass is 10.1. The minimum atomic E-state index is 0.815. The van der Waals surface area contributed by atoms with E-state index < -0.39 is 0 Å². The van der Waals surface area contributed by atoms with Crippen molar-refractivity contribution in [3.63, 3.8) is 0 Å². The second kappa shape index (κ2) is 5.04. The maximum Gasteiger partial charge on any atom is 0.0460 e. The quantitative estimate of drug-likeness (QED) is 0.819.